The van der Waals surface area contributed by atoms with Crippen molar-refractivity contribution in [2.45, 2.75) is 17.9 Å². The molecule has 2 N–H and O–H groups in total. The van der Waals surface area contributed by atoms with Crippen molar-refractivity contribution in [2.75, 3.05) is 7.11 Å². The van der Waals surface area contributed by atoms with Crippen LogP contribution in [-0.2, 0) is 19.6 Å². The molecule has 0 amide bonds. The van der Waals surface area contributed by atoms with Crippen molar-refractivity contribution in [3.05, 3.63) is 29.6 Å². The number of carboxylic acids is 1. The van der Waals surface area contributed by atoms with Crippen molar-refractivity contribution >= 4 is 22.0 Å². The Morgan fingerprint density at radius 2 is 2.00 bits per heavy atom. The summed E-state index contributed by atoms with van der Waals surface area (Å²) in [5.41, 5.74) is -0.779. The highest BCUT2D eigenvalue weighted by Gasteiger charge is 2.24. The van der Waals surface area contributed by atoms with Gasteiger partial charge in [-0.15, -0.1) is 0 Å². The summed E-state index contributed by atoms with van der Waals surface area (Å²) in [5, 5.41) is 8.73. The molecule has 0 radical (unpaired) electrons. The van der Waals surface area contributed by atoms with Gasteiger partial charge in [0.1, 0.15) is 11.9 Å². The van der Waals surface area contributed by atoms with Crippen molar-refractivity contribution in [1.82, 2.24) is 4.72 Å². The molecule has 0 aliphatic rings. The normalized spacial score (nSPS) is 12.8. The van der Waals surface area contributed by atoms with Gasteiger partial charge in [0.15, 0.2) is 0 Å². The van der Waals surface area contributed by atoms with Crippen molar-refractivity contribution in [3.63, 3.8) is 0 Å². The number of carbonyl (C=O) groups excluding carboxylic acids is 1. The lowest BCUT2D eigenvalue weighted by Gasteiger charge is -2.12. The Hall–Kier alpha value is -2.00. The molecule has 9 heteroatoms. The third-order valence-corrected chi connectivity index (χ3v) is 3.90. The molecule has 0 bridgehead atoms. The third-order valence-electron chi connectivity index (χ3n) is 2.37. The van der Waals surface area contributed by atoms with E-state index in [0.29, 0.717) is 6.07 Å². The number of rotatable bonds is 5. The predicted molar refractivity (Wildman–Crippen MR) is 65.2 cm³/mol. The Labute approximate surface area is 114 Å². The smallest absolute Gasteiger partial charge is 0.338 e. The minimum Gasteiger partial charge on any atom is -0.478 e. The van der Waals surface area contributed by atoms with E-state index in [1.807, 2.05) is 4.72 Å². The van der Waals surface area contributed by atoms with Gasteiger partial charge in [0.05, 0.1) is 17.6 Å². The van der Waals surface area contributed by atoms with Gasteiger partial charge in [0.25, 0.3) is 0 Å². The van der Waals surface area contributed by atoms with Crippen LogP contribution in [0.25, 0.3) is 0 Å². The Kier molecular flexibility index (Phi) is 4.79. The first-order chi connectivity index (χ1) is 9.19. The van der Waals surface area contributed by atoms with Crippen LogP contribution in [0.2, 0.25) is 0 Å². The molecule has 110 valence electrons. The maximum Gasteiger partial charge on any atom is 0.338 e. The summed E-state index contributed by atoms with van der Waals surface area (Å²) in [6.07, 6.45) is 0. The molecule has 7 nitrogen and oxygen atoms in total. The molecule has 1 rings (SSSR count). The van der Waals surface area contributed by atoms with E-state index < -0.39 is 44.3 Å². The molecule has 0 saturated heterocycles. The number of benzene rings is 1. The summed E-state index contributed by atoms with van der Waals surface area (Å²) < 4.78 is 43.4. The zero-order chi connectivity index (χ0) is 15.5. The van der Waals surface area contributed by atoms with Crippen LogP contribution in [0.5, 0.6) is 0 Å². The molecule has 0 aromatic heterocycles. The first-order valence-corrected chi connectivity index (χ1v) is 6.80. The number of hydrogen-bond donors (Lipinski definition) is 2. The van der Waals surface area contributed by atoms with E-state index >= 15 is 0 Å². The van der Waals surface area contributed by atoms with Crippen LogP contribution in [-0.4, -0.2) is 38.6 Å². The van der Waals surface area contributed by atoms with E-state index in [1.165, 1.54) is 6.92 Å². The maximum atomic E-state index is 13.2. The Bertz CT molecular complexity index is 642. The zero-order valence-electron chi connectivity index (χ0n) is 10.6. The molecule has 0 fully saturated rings. The molecule has 0 heterocycles. The summed E-state index contributed by atoms with van der Waals surface area (Å²) >= 11 is 0. The lowest BCUT2D eigenvalue weighted by Crippen LogP contribution is -2.39. The van der Waals surface area contributed by atoms with Gasteiger partial charge in [-0.05, 0) is 25.1 Å². The lowest BCUT2D eigenvalue weighted by atomic mass is 10.2. The van der Waals surface area contributed by atoms with Gasteiger partial charge < -0.3 is 9.84 Å². The van der Waals surface area contributed by atoms with Crippen LogP contribution < -0.4 is 4.72 Å². The monoisotopic (exact) mass is 305 g/mol. The summed E-state index contributed by atoms with van der Waals surface area (Å²) in [6, 6.07) is 1.13. The number of nitrogens with one attached hydrogen (secondary N) is 1. The number of sulfonamides is 1. The number of halogens is 1. The molecule has 1 atom stereocenters. The molecule has 20 heavy (non-hydrogen) atoms. The highest BCUT2D eigenvalue weighted by Crippen LogP contribution is 2.15. The second-order valence-electron chi connectivity index (χ2n) is 3.81. The minimum absolute atomic E-state index is 0.466. The average molecular weight is 305 g/mol. The van der Waals surface area contributed by atoms with E-state index in [-0.39, 0.29) is 0 Å². The second-order valence-corrected chi connectivity index (χ2v) is 5.53. The predicted octanol–water partition coefficient (Wildman–Crippen LogP) is 0.364. The molecule has 1 aromatic carbocycles. The van der Waals surface area contributed by atoms with E-state index in [0.717, 1.165) is 19.2 Å². The van der Waals surface area contributed by atoms with Gasteiger partial charge in [-0.25, -0.2) is 17.6 Å². The Morgan fingerprint density at radius 3 is 2.50 bits per heavy atom. The first-order valence-electron chi connectivity index (χ1n) is 5.32. The lowest BCUT2D eigenvalue weighted by molar-refractivity contribution is -0.142. The third kappa shape index (κ3) is 3.52. The summed E-state index contributed by atoms with van der Waals surface area (Å²) in [4.78, 5) is 21.4. The van der Waals surface area contributed by atoms with Gasteiger partial charge in [-0.1, -0.05) is 0 Å². The zero-order valence-corrected chi connectivity index (χ0v) is 11.4. The van der Waals surface area contributed by atoms with E-state index in [2.05, 4.69) is 4.74 Å². The Balaban J connectivity index is 3.13. The Morgan fingerprint density at radius 1 is 1.40 bits per heavy atom. The number of aromatic carboxylic acids is 1. The summed E-state index contributed by atoms with van der Waals surface area (Å²) in [7, 11) is -3.08. The minimum atomic E-state index is -4.17. The number of ether oxygens (including phenoxy) is 1. The maximum absolute atomic E-state index is 13.2. The van der Waals surface area contributed by atoms with Crippen molar-refractivity contribution in [3.8, 4) is 0 Å². The van der Waals surface area contributed by atoms with Gasteiger partial charge in [-0.3, -0.25) is 4.79 Å². The molecule has 0 unspecified atom stereocenters. The van der Waals surface area contributed by atoms with E-state index in [4.69, 9.17) is 5.11 Å². The topological polar surface area (TPSA) is 110 Å². The van der Waals surface area contributed by atoms with Gasteiger partial charge >= 0.3 is 11.9 Å². The number of esters is 1. The quantitative estimate of drug-likeness (QED) is 0.760. The number of hydrogen-bond acceptors (Lipinski definition) is 5. The first kappa shape index (κ1) is 16.1. The number of carbonyl (C=O) groups is 2. The number of methoxy groups -OCH3 is 1. The highest BCUT2D eigenvalue weighted by molar-refractivity contribution is 7.89. The molecule has 0 aliphatic carbocycles. The largest absolute Gasteiger partial charge is 0.478 e. The molecule has 0 saturated carbocycles. The summed E-state index contributed by atoms with van der Waals surface area (Å²) in [6.45, 7) is 1.25. The molecular weight excluding hydrogens is 293 g/mol. The van der Waals surface area contributed by atoms with Crippen LogP contribution in [0.1, 0.15) is 17.3 Å². The van der Waals surface area contributed by atoms with Crippen molar-refractivity contribution in [1.29, 1.82) is 0 Å². The average Bonchev–Trinajstić information content (AvgIpc) is 2.36. The fourth-order valence-electron chi connectivity index (χ4n) is 1.36. The SMILES string of the molecule is COC(=O)[C@H](C)NS(=O)(=O)c1ccc(F)c(C(=O)O)c1. The highest BCUT2D eigenvalue weighted by atomic mass is 32.2. The van der Waals surface area contributed by atoms with E-state index in [1.54, 1.807) is 0 Å². The second kappa shape index (κ2) is 5.97. The van der Waals surface area contributed by atoms with Crippen LogP contribution in [0.15, 0.2) is 23.1 Å². The molecular formula is C11H12FNO6S. The van der Waals surface area contributed by atoms with Crippen molar-refractivity contribution < 1.29 is 32.2 Å². The van der Waals surface area contributed by atoms with Crippen LogP contribution in [0, 0.1) is 5.82 Å². The van der Waals surface area contributed by atoms with Crippen LogP contribution in [0.3, 0.4) is 0 Å². The van der Waals surface area contributed by atoms with Gasteiger partial charge in [0.2, 0.25) is 10.0 Å². The van der Waals surface area contributed by atoms with Gasteiger partial charge in [-0.2, -0.15) is 4.72 Å². The van der Waals surface area contributed by atoms with Crippen LogP contribution in [0.4, 0.5) is 4.39 Å². The standard InChI is InChI=1S/C11H12FNO6S/c1-6(11(16)19-2)13-20(17,18)7-3-4-9(12)8(5-7)10(14)15/h3-6,13H,1-2H3,(H,14,15)/t6-/m0/s1. The number of carboxylic acid groups (broad SMARTS) is 1. The fourth-order valence-corrected chi connectivity index (χ4v) is 2.58. The molecule has 0 aliphatic heterocycles. The fraction of sp³-hybridized carbons (Fsp3) is 0.273. The van der Waals surface area contributed by atoms with Crippen molar-refractivity contribution in [2.24, 2.45) is 0 Å². The van der Waals surface area contributed by atoms with E-state index in [9.17, 15) is 22.4 Å². The molecule has 1 aromatic rings. The van der Waals surface area contributed by atoms with Crippen LogP contribution >= 0.6 is 0 Å². The van der Waals surface area contributed by atoms with Gasteiger partial charge in [0, 0.05) is 0 Å². The molecule has 0 spiro atoms. The summed E-state index contributed by atoms with van der Waals surface area (Å²) in [5.74, 6) is -3.47.